The number of alkyl halides is 3. The molecule has 0 aliphatic heterocycles. The number of aryl methyl sites for hydroxylation is 1. The molecule has 2 heterocycles. The summed E-state index contributed by atoms with van der Waals surface area (Å²) >= 11 is 1.31. The fourth-order valence-corrected chi connectivity index (χ4v) is 4.29. The zero-order chi connectivity index (χ0) is 23.6. The second-order valence-electron chi connectivity index (χ2n) is 7.32. The molecule has 0 saturated carbocycles. The van der Waals surface area contributed by atoms with E-state index in [4.69, 9.17) is 0 Å². The Bertz CT molecular complexity index is 1290. The van der Waals surface area contributed by atoms with Crippen molar-refractivity contribution in [1.29, 1.82) is 0 Å². The summed E-state index contributed by atoms with van der Waals surface area (Å²) in [5.41, 5.74) is 3.66. The van der Waals surface area contributed by atoms with Gasteiger partial charge in [0.05, 0.1) is 28.6 Å². The zero-order valence-corrected chi connectivity index (χ0v) is 18.5. The molecule has 0 bridgehead atoms. The van der Waals surface area contributed by atoms with Crippen molar-refractivity contribution < 1.29 is 22.3 Å². The van der Waals surface area contributed by atoms with Crippen molar-refractivity contribution in [3.63, 3.8) is 0 Å². The van der Waals surface area contributed by atoms with Gasteiger partial charge in [0.1, 0.15) is 5.82 Å². The number of hydrogen-bond acceptors (Lipinski definition) is 5. The van der Waals surface area contributed by atoms with Gasteiger partial charge in [0.2, 0.25) is 0 Å². The maximum atomic E-state index is 13.7. The van der Waals surface area contributed by atoms with Gasteiger partial charge >= 0.3 is 6.36 Å². The second-order valence-corrected chi connectivity index (χ2v) is 8.37. The fraction of sp³-hybridized carbons (Fsp3) is 0.174. The molecule has 33 heavy (non-hydrogen) atoms. The highest BCUT2D eigenvalue weighted by Crippen LogP contribution is 2.35. The molecule has 4 rings (SSSR count). The van der Waals surface area contributed by atoms with Crippen LogP contribution in [0.1, 0.15) is 11.1 Å². The van der Waals surface area contributed by atoms with E-state index in [-0.39, 0.29) is 17.3 Å². The van der Waals surface area contributed by atoms with Crippen molar-refractivity contribution in [1.82, 2.24) is 14.3 Å². The third kappa shape index (κ3) is 5.58. The summed E-state index contributed by atoms with van der Waals surface area (Å²) in [4.78, 5) is 5.22. The van der Waals surface area contributed by atoms with Gasteiger partial charge in [-0.2, -0.15) is 0 Å². The molecule has 0 saturated heterocycles. The molecule has 0 aliphatic rings. The van der Waals surface area contributed by atoms with Crippen LogP contribution in [0.3, 0.4) is 0 Å². The van der Waals surface area contributed by atoms with Crippen LogP contribution in [0.4, 0.5) is 28.9 Å². The van der Waals surface area contributed by atoms with E-state index in [2.05, 4.69) is 20.4 Å². The van der Waals surface area contributed by atoms with E-state index in [0.29, 0.717) is 22.7 Å². The van der Waals surface area contributed by atoms with E-state index < -0.39 is 6.36 Å². The molecule has 0 spiro atoms. The summed E-state index contributed by atoms with van der Waals surface area (Å²) in [7, 11) is 1.82. The van der Waals surface area contributed by atoms with Gasteiger partial charge in [-0.25, -0.2) is 4.39 Å². The van der Waals surface area contributed by atoms with Crippen LogP contribution in [0.2, 0.25) is 0 Å². The zero-order valence-electron chi connectivity index (χ0n) is 17.7. The molecule has 10 heteroatoms. The van der Waals surface area contributed by atoms with Gasteiger partial charge in [-0.05, 0) is 67.9 Å². The average molecular weight is 476 g/mol. The molecular formula is C23H20F4N4OS. The first-order valence-corrected chi connectivity index (χ1v) is 10.7. The quantitative estimate of drug-likeness (QED) is 0.302. The average Bonchev–Trinajstić information content (AvgIpc) is 3.06. The third-order valence-corrected chi connectivity index (χ3v) is 5.65. The van der Waals surface area contributed by atoms with Crippen molar-refractivity contribution in [3.05, 3.63) is 77.9 Å². The first-order valence-electron chi connectivity index (χ1n) is 9.94. The number of aromatic nitrogens is 2. The van der Waals surface area contributed by atoms with E-state index in [1.165, 1.54) is 36.2 Å². The Morgan fingerprint density at radius 2 is 1.94 bits per heavy atom. The molecule has 0 radical (unpaired) electrons. The highest BCUT2D eigenvalue weighted by molar-refractivity contribution is 7.98. The molecule has 172 valence electrons. The van der Waals surface area contributed by atoms with Crippen LogP contribution in [0.25, 0.3) is 11.0 Å². The lowest BCUT2D eigenvalue weighted by Crippen LogP contribution is -2.18. The smallest absolute Gasteiger partial charge is 0.404 e. The van der Waals surface area contributed by atoms with Crippen LogP contribution < -0.4 is 15.4 Å². The number of rotatable bonds is 7. The van der Waals surface area contributed by atoms with Crippen LogP contribution in [-0.2, 0) is 6.54 Å². The molecule has 2 N–H and O–H groups in total. The minimum atomic E-state index is -4.81. The van der Waals surface area contributed by atoms with Crippen molar-refractivity contribution in [2.45, 2.75) is 24.7 Å². The van der Waals surface area contributed by atoms with Crippen LogP contribution in [0.5, 0.6) is 5.75 Å². The monoisotopic (exact) mass is 476 g/mol. The summed E-state index contributed by atoms with van der Waals surface area (Å²) in [5, 5.41) is 6.06. The van der Waals surface area contributed by atoms with Gasteiger partial charge in [-0.1, -0.05) is 12.1 Å². The minimum Gasteiger partial charge on any atom is -0.404 e. The maximum Gasteiger partial charge on any atom is 0.573 e. The van der Waals surface area contributed by atoms with E-state index >= 15 is 0 Å². The highest BCUT2D eigenvalue weighted by Gasteiger charge is 2.32. The second kappa shape index (κ2) is 9.32. The standard InChI is InChI=1S/C23H20F4N4OS/c1-14-6-7-19(21(8-14)32-23(25,26)27)30-17-10-20-22(29-12-17)15(11-28-2)13-31(20)33-18-5-3-4-16(24)9-18/h3-10,12-13,28,30H,11H2,1-2H3. The summed E-state index contributed by atoms with van der Waals surface area (Å²) in [6.45, 7) is 2.25. The van der Waals surface area contributed by atoms with Gasteiger partial charge in [-0.15, -0.1) is 13.2 Å². The van der Waals surface area contributed by atoms with E-state index in [0.717, 1.165) is 16.6 Å². The highest BCUT2D eigenvalue weighted by atomic mass is 32.2. The Morgan fingerprint density at radius 1 is 1.12 bits per heavy atom. The number of hydrogen-bond donors (Lipinski definition) is 2. The summed E-state index contributed by atoms with van der Waals surface area (Å²) in [6.07, 6.45) is -1.36. The van der Waals surface area contributed by atoms with Gasteiger partial charge in [0, 0.05) is 23.2 Å². The Kier molecular flexibility index (Phi) is 6.48. The van der Waals surface area contributed by atoms with Gasteiger partial charge in [-0.3, -0.25) is 8.96 Å². The Balaban J connectivity index is 1.72. The molecule has 5 nitrogen and oxygen atoms in total. The first-order chi connectivity index (χ1) is 15.7. The molecular weight excluding hydrogens is 456 g/mol. The summed E-state index contributed by atoms with van der Waals surface area (Å²) in [6, 6.07) is 12.5. The number of nitrogens with zero attached hydrogens (tertiary/aromatic N) is 2. The van der Waals surface area contributed by atoms with Crippen molar-refractivity contribution in [3.8, 4) is 5.75 Å². The van der Waals surface area contributed by atoms with Crippen LogP contribution >= 0.6 is 11.9 Å². The topological polar surface area (TPSA) is 51.1 Å². The molecule has 4 aromatic rings. The van der Waals surface area contributed by atoms with Crippen LogP contribution in [0.15, 0.2) is 65.8 Å². The molecule has 0 aliphatic carbocycles. The number of ether oxygens (including phenoxy) is 1. The summed E-state index contributed by atoms with van der Waals surface area (Å²) in [5.74, 6) is -0.674. The minimum absolute atomic E-state index is 0.158. The predicted molar refractivity (Wildman–Crippen MR) is 121 cm³/mol. The Labute approximate surface area is 191 Å². The molecule has 2 aromatic carbocycles. The number of anilines is 2. The first kappa shape index (κ1) is 22.9. The Hall–Kier alpha value is -3.24. The maximum absolute atomic E-state index is 13.7. The summed E-state index contributed by atoms with van der Waals surface area (Å²) < 4.78 is 58.3. The molecule has 2 aromatic heterocycles. The SMILES string of the molecule is CNCc1cn(Sc2cccc(F)c2)c2cc(Nc3ccc(C)cc3OC(F)(F)F)cnc12. The normalized spacial score (nSPS) is 11.7. The number of fused-ring (bicyclic) bond motifs is 1. The van der Waals surface area contributed by atoms with Crippen molar-refractivity contribution in [2.24, 2.45) is 0 Å². The fourth-order valence-electron chi connectivity index (χ4n) is 3.34. The number of pyridine rings is 1. The number of halogens is 4. The van der Waals surface area contributed by atoms with E-state index in [9.17, 15) is 17.6 Å². The van der Waals surface area contributed by atoms with Gasteiger partial charge in [0.25, 0.3) is 0 Å². The van der Waals surface area contributed by atoms with E-state index in [1.807, 2.05) is 17.2 Å². The predicted octanol–water partition coefficient (Wildman–Crippen LogP) is 6.40. The number of benzene rings is 2. The lowest BCUT2D eigenvalue weighted by Gasteiger charge is -2.15. The van der Waals surface area contributed by atoms with Gasteiger partial charge in [0.15, 0.2) is 5.75 Å². The molecule has 0 unspecified atom stereocenters. The molecule has 0 amide bonds. The number of nitrogens with one attached hydrogen (secondary N) is 2. The van der Waals surface area contributed by atoms with Crippen molar-refractivity contribution >= 4 is 34.4 Å². The lowest BCUT2D eigenvalue weighted by atomic mass is 10.2. The third-order valence-electron chi connectivity index (χ3n) is 4.69. The van der Waals surface area contributed by atoms with Crippen LogP contribution in [0, 0.1) is 12.7 Å². The molecule has 0 fully saturated rings. The molecule has 0 atom stereocenters. The van der Waals surface area contributed by atoms with Gasteiger partial charge < -0.3 is 15.4 Å². The largest absolute Gasteiger partial charge is 0.573 e. The van der Waals surface area contributed by atoms with Crippen molar-refractivity contribution in [2.75, 3.05) is 12.4 Å². The Morgan fingerprint density at radius 3 is 2.67 bits per heavy atom. The van der Waals surface area contributed by atoms with Crippen LogP contribution in [-0.4, -0.2) is 22.4 Å². The lowest BCUT2D eigenvalue weighted by molar-refractivity contribution is -0.274. The van der Waals surface area contributed by atoms with E-state index in [1.54, 1.807) is 37.4 Å².